The van der Waals surface area contributed by atoms with E-state index in [1.807, 2.05) is 6.92 Å². The predicted octanol–water partition coefficient (Wildman–Crippen LogP) is 5.25. The Bertz CT molecular complexity index is 700. The lowest BCUT2D eigenvalue weighted by molar-refractivity contribution is -0.184. The van der Waals surface area contributed by atoms with E-state index >= 15 is 0 Å². The van der Waals surface area contributed by atoms with Gasteiger partial charge < -0.3 is 9.59 Å². The molecule has 0 aromatic heterocycles. The summed E-state index contributed by atoms with van der Waals surface area (Å²) in [6.45, 7) is 11.4. The van der Waals surface area contributed by atoms with E-state index in [0.717, 1.165) is 25.5 Å². The smallest absolute Gasteiger partial charge is 0.146 e. The Balaban J connectivity index is 1.71. The van der Waals surface area contributed by atoms with Crippen LogP contribution in [-0.2, 0) is 14.4 Å². The van der Waals surface area contributed by atoms with Crippen LogP contribution in [0, 0.1) is 51.2 Å². The Morgan fingerprint density at radius 2 is 1.57 bits per heavy atom. The third-order valence-electron chi connectivity index (χ3n) is 11.1. The molecule has 4 rings (SSSR count). The average molecular weight is 387 g/mol. The fraction of sp³-hybridized carbons (Fsp3) is 0.880. The van der Waals surface area contributed by atoms with Gasteiger partial charge >= 0.3 is 0 Å². The molecule has 9 atom stereocenters. The van der Waals surface area contributed by atoms with Gasteiger partial charge in [0, 0.05) is 12.3 Å². The quantitative estimate of drug-likeness (QED) is 0.491. The summed E-state index contributed by atoms with van der Waals surface area (Å²) < 4.78 is 0. The monoisotopic (exact) mass is 386 g/mol. The Morgan fingerprint density at radius 1 is 0.893 bits per heavy atom. The molecule has 0 spiro atoms. The molecular weight excluding hydrogens is 348 g/mol. The van der Waals surface area contributed by atoms with Crippen molar-refractivity contribution in [2.45, 2.75) is 86.0 Å². The van der Waals surface area contributed by atoms with Crippen molar-refractivity contribution in [2.24, 2.45) is 51.2 Å². The summed E-state index contributed by atoms with van der Waals surface area (Å²) in [5.41, 5.74) is -0.198. The summed E-state index contributed by atoms with van der Waals surface area (Å²) >= 11 is 0. The second-order valence-corrected chi connectivity index (χ2v) is 11.7. The molecule has 28 heavy (non-hydrogen) atoms. The minimum absolute atomic E-state index is 0.0885. The van der Waals surface area contributed by atoms with Crippen LogP contribution in [0.25, 0.3) is 0 Å². The molecule has 0 radical (unpaired) electrons. The number of carbonyl (C=O) groups is 3. The standard InChI is InChI=1S/C25H38O3/c1-16(14-26)17-8-12-25(5)19-6-7-20-22(2,18(19)9-13-24(17,25)4)11-10-21(28)23(20,3)15-27/h14-20H,6-13H2,1-5H3/t16-,17-,18+,19-,20-,22-,23-,24-,25+/m1/s1. The van der Waals surface area contributed by atoms with E-state index in [4.69, 9.17) is 0 Å². The van der Waals surface area contributed by atoms with Crippen molar-refractivity contribution in [2.75, 3.05) is 0 Å². The van der Waals surface area contributed by atoms with E-state index < -0.39 is 5.41 Å². The molecule has 0 heterocycles. The molecule has 0 N–H and O–H groups in total. The molecule has 4 aliphatic rings. The fourth-order valence-electron chi connectivity index (χ4n) is 9.18. The Kier molecular flexibility index (Phi) is 4.53. The maximum atomic E-state index is 12.7. The summed E-state index contributed by atoms with van der Waals surface area (Å²) in [4.78, 5) is 36.3. The molecule has 0 bridgehead atoms. The molecule has 0 aromatic carbocycles. The molecule has 156 valence electrons. The van der Waals surface area contributed by atoms with Crippen LogP contribution in [0.15, 0.2) is 0 Å². The number of aldehydes is 2. The molecule has 3 nitrogen and oxygen atoms in total. The van der Waals surface area contributed by atoms with Gasteiger partial charge in [-0.15, -0.1) is 0 Å². The summed E-state index contributed by atoms with van der Waals surface area (Å²) in [6.07, 6.45) is 10.5. The van der Waals surface area contributed by atoms with Crippen LogP contribution in [0.1, 0.15) is 86.0 Å². The lowest BCUT2D eigenvalue weighted by Crippen LogP contribution is -2.61. The van der Waals surface area contributed by atoms with Gasteiger partial charge in [0.2, 0.25) is 0 Å². The number of fused-ring (bicyclic) bond motifs is 5. The Morgan fingerprint density at radius 3 is 2.21 bits per heavy atom. The van der Waals surface area contributed by atoms with Crippen LogP contribution >= 0.6 is 0 Å². The van der Waals surface area contributed by atoms with E-state index in [2.05, 4.69) is 27.7 Å². The summed E-state index contributed by atoms with van der Waals surface area (Å²) in [5, 5.41) is 0. The number of Topliss-reactive ketones (excluding diaryl/α,β-unsaturated/α-hetero) is 1. The first kappa shape index (κ1) is 20.3. The first-order valence-electron chi connectivity index (χ1n) is 11.5. The highest BCUT2D eigenvalue weighted by Gasteiger charge is 2.68. The zero-order valence-electron chi connectivity index (χ0n) is 18.4. The van der Waals surface area contributed by atoms with Crippen LogP contribution in [0.2, 0.25) is 0 Å². The van der Waals surface area contributed by atoms with Gasteiger partial charge in [-0.3, -0.25) is 4.79 Å². The highest BCUT2D eigenvalue weighted by atomic mass is 16.1. The van der Waals surface area contributed by atoms with Crippen molar-refractivity contribution in [1.82, 2.24) is 0 Å². The van der Waals surface area contributed by atoms with E-state index in [0.29, 0.717) is 24.2 Å². The van der Waals surface area contributed by atoms with Gasteiger partial charge in [-0.2, -0.15) is 0 Å². The molecule has 0 unspecified atom stereocenters. The van der Waals surface area contributed by atoms with Crippen molar-refractivity contribution >= 4 is 18.4 Å². The second-order valence-electron chi connectivity index (χ2n) is 11.7. The minimum Gasteiger partial charge on any atom is -0.303 e. The van der Waals surface area contributed by atoms with E-state index in [1.165, 1.54) is 32.0 Å². The van der Waals surface area contributed by atoms with Gasteiger partial charge in [-0.05, 0) is 91.8 Å². The first-order chi connectivity index (χ1) is 13.1. The molecule has 4 aliphatic carbocycles. The molecular formula is C25H38O3. The molecule has 3 heteroatoms. The van der Waals surface area contributed by atoms with Crippen molar-refractivity contribution in [1.29, 1.82) is 0 Å². The number of ketones is 1. The third-order valence-corrected chi connectivity index (χ3v) is 11.1. The largest absolute Gasteiger partial charge is 0.303 e. The van der Waals surface area contributed by atoms with Gasteiger partial charge in [0.15, 0.2) is 0 Å². The van der Waals surface area contributed by atoms with E-state index in [-0.39, 0.29) is 33.9 Å². The van der Waals surface area contributed by atoms with Crippen molar-refractivity contribution in [3.63, 3.8) is 0 Å². The lowest BCUT2D eigenvalue weighted by atomic mass is 9.38. The third kappa shape index (κ3) is 2.25. The van der Waals surface area contributed by atoms with Crippen LogP contribution in [-0.4, -0.2) is 18.4 Å². The molecule has 0 aromatic rings. The van der Waals surface area contributed by atoms with Gasteiger partial charge in [0.25, 0.3) is 0 Å². The summed E-state index contributed by atoms with van der Waals surface area (Å²) in [6, 6.07) is 0. The van der Waals surface area contributed by atoms with E-state index in [1.54, 1.807) is 0 Å². The number of rotatable bonds is 3. The molecule has 0 amide bonds. The zero-order chi connectivity index (χ0) is 20.5. The first-order valence-corrected chi connectivity index (χ1v) is 11.5. The second kappa shape index (κ2) is 6.25. The molecule has 0 saturated heterocycles. The highest BCUT2D eigenvalue weighted by molar-refractivity contribution is 5.99. The number of hydrogen-bond donors (Lipinski definition) is 0. The Labute approximate surface area is 170 Å². The van der Waals surface area contributed by atoms with Crippen molar-refractivity contribution in [3.8, 4) is 0 Å². The normalized spacial score (nSPS) is 54.2. The molecule has 4 saturated carbocycles. The minimum atomic E-state index is -0.788. The van der Waals surface area contributed by atoms with Gasteiger partial charge in [0.05, 0.1) is 5.41 Å². The average Bonchev–Trinajstić information content (AvgIpc) is 2.96. The van der Waals surface area contributed by atoms with Crippen LogP contribution in [0.5, 0.6) is 0 Å². The van der Waals surface area contributed by atoms with Crippen LogP contribution < -0.4 is 0 Å². The van der Waals surface area contributed by atoms with Gasteiger partial charge in [-0.1, -0.05) is 27.7 Å². The topological polar surface area (TPSA) is 51.2 Å². The maximum Gasteiger partial charge on any atom is 0.146 e. The zero-order valence-corrected chi connectivity index (χ0v) is 18.4. The Hall–Kier alpha value is -0.990. The SMILES string of the molecule is C[C@H](C=O)[C@H]1CC[C@@]2(C)[C@@H]3CC[C@@H]4[C@](C)(CCC(=O)[C@]4(C)C=O)[C@H]3CC[C@]12C. The molecule has 0 aliphatic heterocycles. The summed E-state index contributed by atoms with van der Waals surface area (Å²) in [5.74, 6) is 2.24. The van der Waals surface area contributed by atoms with Crippen LogP contribution in [0.3, 0.4) is 0 Å². The lowest BCUT2D eigenvalue weighted by Gasteiger charge is -2.66. The van der Waals surface area contributed by atoms with Crippen molar-refractivity contribution < 1.29 is 14.4 Å². The summed E-state index contributed by atoms with van der Waals surface area (Å²) in [7, 11) is 0. The molecule has 4 fully saturated rings. The maximum absolute atomic E-state index is 12.7. The number of hydrogen-bond acceptors (Lipinski definition) is 3. The van der Waals surface area contributed by atoms with Crippen molar-refractivity contribution in [3.05, 3.63) is 0 Å². The number of carbonyl (C=O) groups excluding carboxylic acids is 3. The van der Waals surface area contributed by atoms with Gasteiger partial charge in [0.1, 0.15) is 18.4 Å². The van der Waals surface area contributed by atoms with Gasteiger partial charge in [-0.25, -0.2) is 0 Å². The predicted molar refractivity (Wildman–Crippen MR) is 110 cm³/mol. The highest BCUT2D eigenvalue weighted by Crippen LogP contribution is 2.74. The fourth-order valence-corrected chi connectivity index (χ4v) is 9.18. The van der Waals surface area contributed by atoms with Crippen LogP contribution in [0.4, 0.5) is 0 Å². The van der Waals surface area contributed by atoms with E-state index in [9.17, 15) is 14.4 Å².